The molecule has 2 heterocycles. The van der Waals surface area contributed by atoms with E-state index in [2.05, 4.69) is 15.5 Å². The van der Waals surface area contributed by atoms with E-state index in [4.69, 9.17) is 11.6 Å². The minimum atomic E-state index is -0.412. The molecule has 21 heavy (non-hydrogen) atoms. The zero-order valence-electron chi connectivity index (χ0n) is 12.9. The standard InChI is InChI=1S/C14H20ClN5O/c1-8-6-12(19(5)17-8)7-16-14(21)11(4)20-10(3)13(15)9(2)18-20/h6,11H,7H2,1-5H3,(H,16,21). The van der Waals surface area contributed by atoms with Crippen LogP contribution in [0.3, 0.4) is 0 Å². The third kappa shape index (κ3) is 3.10. The maximum absolute atomic E-state index is 12.3. The number of aromatic nitrogens is 4. The average Bonchev–Trinajstić information content (AvgIpc) is 2.89. The van der Waals surface area contributed by atoms with Crippen LogP contribution in [0, 0.1) is 20.8 Å². The lowest BCUT2D eigenvalue weighted by Gasteiger charge is -2.14. The van der Waals surface area contributed by atoms with E-state index in [1.54, 1.807) is 16.3 Å². The van der Waals surface area contributed by atoms with Gasteiger partial charge in [0.1, 0.15) is 6.04 Å². The zero-order chi connectivity index (χ0) is 15.7. The first-order valence-electron chi connectivity index (χ1n) is 6.79. The zero-order valence-corrected chi connectivity index (χ0v) is 13.7. The van der Waals surface area contributed by atoms with Gasteiger partial charge >= 0.3 is 0 Å². The fourth-order valence-corrected chi connectivity index (χ4v) is 2.41. The summed E-state index contributed by atoms with van der Waals surface area (Å²) in [6.07, 6.45) is 0. The topological polar surface area (TPSA) is 64.7 Å². The number of nitrogens with zero attached hydrogens (tertiary/aromatic N) is 4. The number of carbonyl (C=O) groups is 1. The van der Waals surface area contributed by atoms with Crippen molar-refractivity contribution in [3.8, 4) is 0 Å². The van der Waals surface area contributed by atoms with Crippen molar-refractivity contribution in [2.45, 2.75) is 40.3 Å². The number of nitrogens with one attached hydrogen (secondary N) is 1. The van der Waals surface area contributed by atoms with E-state index < -0.39 is 6.04 Å². The van der Waals surface area contributed by atoms with Crippen LogP contribution in [0.4, 0.5) is 0 Å². The van der Waals surface area contributed by atoms with Crippen LogP contribution < -0.4 is 5.32 Å². The Morgan fingerprint density at radius 1 is 1.38 bits per heavy atom. The van der Waals surface area contributed by atoms with Crippen molar-refractivity contribution in [3.63, 3.8) is 0 Å². The molecule has 0 aliphatic rings. The Kier molecular flexibility index (Phi) is 4.37. The lowest BCUT2D eigenvalue weighted by Crippen LogP contribution is -2.32. The van der Waals surface area contributed by atoms with Crippen LogP contribution in [0.2, 0.25) is 5.02 Å². The second-order valence-electron chi connectivity index (χ2n) is 5.22. The fraction of sp³-hybridized carbons (Fsp3) is 0.500. The first-order valence-corrected chi connectivity index (χ1v) is 7.17. The summed E-state index contributed by atoms with van der Waals surface area (Å²) >= 11 is 6.12. The number of amides is 1. The van der Waals surface area contributed by atoms with Gasteiger partial charge in [-0.05, 0) is 33.8 Å². The number of rotatable bonds is 4. The third-order valence-electron chi connectivity index (χ3n) is 3.53. The molecule has 1 N–H and O–H groups in total. The van der Waals surface area contributed by atoms with Crippen molar-refractivity contribution in [1.29, 1.82) is 0 Å². The minimum absolute atomic E-state index is 0.101. The molecule has 0 radical (unpaired) electrons. The van der Waals surface area contributed by atoms with Gasteiger partial charge in [0, 0.05) is 7.05 Å². The van der Waals surface area contributed by atoms with Gasteiger partial charge in [-0.2, -0.15) is 10.2 Å². The smallest absolute Gasteiger partial charge is 0.244 e. The van der Waals surface area contributed by atoms with Crippen molar-refractivity contribution in [3.05, 3.63) is 33.9 Å². The van der Waals surface area contributed by atoms with Crippen molar-refractivity contribution >= 4 is 17.5 Å². The molecule has 0 aliphatic carbocycles. The number of carbonyl (C=O) groups excluding carboxylic acids is 1. The van der Waals surface area contributed by atoms with Gasteiger partial charge in [-0.15, -0.1) is 0 Å². The molecule has 0 bridgehead atoms. The highest BCUT2D eigenvalue weighted by Crippen LogP contribution is 2.22. The van der Waals surface area contributed by atoms with Gasteiger partial charge in [-0.25, -0.2) is 0 Å². The highest BCUT2D eigenvalue weighted by Gasteiger charge is 2.20. The lowest BCUT2D eigenvalue weighted by molar-refractivity contribution is -0.124. The summed E-state index contributed by atoms with van der Waals surface area (Å²) in [5.41, 5.74) is 3.42. The van der Waals surface area contributed by atoms with Crippen molar-refractivity contribution in [2.24, 2.45) is 7.05 Å². The molecule has 114 valence electrons. The van der Waals surface area contributed by atoms with Crippen molar-refractivity contribution in [2.75, 3.05) is 0 Å². The maximum Gasteiger partial charge on any atom is 0.244 e. The summed E-state index contributed by atoms with van der Waals surface area (Å²) in [7, 11) is 1.86. The van der Waals surface area contributed by atoms with E-state index >= 15 is 0 Å². The van der Waals surface area contributed by atoms with E-state index in [0.717, 1.165) is 22.8 Å². The SMILES string of the molecule is Cc1cc(CNC(=O)C(C)n2nc(C)c(Cl)c2C)n(C)n1. The molecule has 0 aromatic carbocycles. The molecule has 0 fully saturated rings. The molecule has 0 saturated heterocycles. The molecule has 2 rings (SSSR count). The van der Waals surface area contributed by atoms with E-state index in [-0.39, 0.29) is 5.91 Å². The predicted octanol–water partition coefficient (Wildman–Crippen LogP) is 2.07. The molecule has 1 amide bonds. The molecule has 2 aromatic heterocycles. The summed E-state index contributed by atoms with van der Waals surface area (Å²) in [5.74, 6) is -0.101. The first-order chi connectivity index (χ1) is 9.81. The van der Waals surface area contributed by atoms with Crippen molar-refractivity contribution < 1.29 is 4.79 Å². The van der Waals surface area contributed by atoms with Gasteiger partial charge in [0.05, 0.1) is 34.3 Å². The van der Waals surface area contributed by atoms with E-state index in [1.807, 2.05) is 33.9 Å². The van der Waals surface area contributed by atoms with Crippen LogP contribution in [-0.2, 0) is 18.4 Å². The van der Waals surface area contributed by atoms with Crippen molar-refractivity contribution in [1.82, 2.24) is 24.9 Å². The summed E-state index contributed by atoms with van der Waals surface area (Å²) in [4.78, 5) is 12.3. The molecule has 1 atom stereocenters. The van der Waals surface area contributed by atoms with Crippen LogP contribution >= 0.6 is 11.6 Å². The number of hydrogen-bond donors (Lipinski definition) is 1. The van der Waals surface area contributed by atoms with E-state index in [9.17, 15) is 4.79 Å². The molecular weight excluding hydrogens is 290 g/mol. The van der Waals surface area contributed by atoms with Crippen LogP contribution in [0.25, 0.3) is 0 Å². The normalized spacial score (nSPS) is 12.5. The number of halogens is 1. The molecule has 0 aliphatic heterocycles. The van der Waals surface area contributed by atoms with Gasteiger partial charge in [-0.1, -0.05) is 11.6 Å². The second kappa shape index (κ2) is 5.89. The summed E-state index contributed by atoms with van der Waals surface area (Å²) in [5, 5.41) is 12.1. The Morgan fingerprint density at radius 2 is 2.05 bits per heavy atom. The van der Waals surface area contributed by atoms with Crippen LogP contribution in [-0.4, -0.2) is 25.5 Å². The molecule has 2 aromatic rings. The molecule has 1 unspecified atom stereocenters. The number of aryl methyl sites for hydroxylation is 3. The second-order valence-corrected chi connectivity index (χ2v) is 5.60. The van der Waals surface area contributed by atoms with Gasteiger partial charge in [-0.3, -0.25) is 14.2 Å². The largest absolute Gasteiger partial charge is 0.349 e. The summed E-state index contributed by atoms with van der Waals surface area (Å²) in [6.45, 7) is 7.85. The Morgan fingerprint density at radius 3 is 2.52 bits per heavy atom. The maximum atomic E-state index is 12.3. The molecular formula is C14H20ClN5O. The van der Waals surface area contributed by atoms with E-state index in [1.165, 1.54) is 0 Å². The monoisotopic (exact) mass is 309 g/mol. The third-order valence-corrected chi connectivity index (χ3v) is 4.07. The summed E-state index contributed by atoms with van der Waals surface area (Å²) in [6, 6.07) is 1.54. The van der Waals surface area contributed by atoms with Crippen LogP contribution in [0.5, 0.6) is 0 Å². The Bertz CT molecular complexity index is 673. The Labute approximate surface area is 129 Å². The molecule has 7 heteroatoms. The Hall–Kier alpha value is -1.82. The summed E-state index contributed by atoms with van der Waals surface area (Å²) < 4.78 is 3.42. The van der Waals surface area contributed by atoms with Crippen LogP contribution in [0.15, 0.2) is 6.07 Å². The highest BCUT2D eigenvalue weighted by atomic mass is 35.5. The number of hydrogen-bond acceptors (Lipinski definition) is 3. The fourth-order valence-electron chi connectivity index (χ4n) is 2.29. The molecule has 0 spiro atoms. The van der Waals surface area contributed by atoms with Gasteiger partial charge < -0.3 is 5.32 Å². The lowest BCUT2D eigenvalue weighted by atomic mass is 10.3. The average molecular weight is 310 g/mol. The minimum Gasteiger partial charge on any atom is -0.349 e. The van der Waals surface area contributed by atoms with E-state index in [0.29, 0.717) is 11.6 Å². The first kappa shape index (κ1) is 15.6. The van der Waals surface area contributed by atoms with Gasteiger partial charge in [0.25, 0.3) is 0 Å². The quantitative estimate of drug-likeness (QED) is 0.940. The van der Waals surface area contributed by atoms with Crippen LogP contribution in [0.1, 0.15) is 35.7 Å². The predicted molar refractivity (Wildman–Crippen MR) is 81.2 cm³/mol. The Balaban J connectivity index is 2.06. The van der Waals surface area contributed by atoms with Gasteiger partial charge in [0.15, 0.2) is 0 Å². The molecule has 0 saturated carbocycles. The highest BCUT2D eigenvalue weighted by molar-refractivity contribution is 6.31. The molecule has 6 nitrogen and oxygen atoms in total. The van der Waals surface area contributed by atoms with Gasteiger partial charge in [0.2, 0.25) is 5.91 Å².